The van der Waals surface area contributed by atoms with Crippen LogP contribution in [0.15, 0.2) is 18.3 Å². The van der Waals surface area contributed by atoms with E-state index in [2.05, 4.69) is 10.3 Å². The Hall–Kier alpha value is -1.91. The van der Waals surface area contributed by atoms with Gasteiger partial charge in [-0.1, -0.05) is 0 Å². The molecule has 0 aliphatic rings. The summed E-state index contributed by atoms with van der Waals surface area (Å²) in [4.78, 5) is 26.6. The molecule has 0 aliphatic carbocycles. The van der Waals surface area contributed by atoms with Gasteiger partial charge in [-0.25, -0.2) is 0 Å². The number of rotatable bonds is 4. The fourth-order valence-corrected chi connectivity index (χ4v) is 1.17. The molecule has 1 amide bonds. The van der Waals surface area contributed by atoms with Crippen molar-refractivity contribution in [3.63, 3.8) is 0 Å². The predicted molar refractivity (Wildman–Crippen MR) is 62.7 cm³/mol. The lowest BCUT2D eigenvalue weighted by Crippen LogP contribution is -2.38. The zero-order chi connectivity index (χ0) is 13.1. The summed E-state index contributed by atoms with van der Waals surface area (Å²) in [6, 6.07) is 3.25. The highest BCUT2D eigenvalue weighted by Gasteiger charge is 2.27. The van der Waals surface area contributed by atoms with Crippen LogP contribution in [-0.2, 0) is 4.79 Å². The molecule has 0 spiro atoms. The van der Waals surface area contributed by atoms with Crippen molar-refractivity contribution in [3.8, 4) is 0 Å². The van der Waals surface area contributed by atoms with E-state index < -0.39 is 11.4 Å². The van der Waals surface area contributed by atoms with Gasteiger partial charge in [0.15, 0.2) is 0 Å². The van der Waals surface area contributed by atoms with Gasteiger partial charge >= 0.3 is 5.97 Å². The molecule has 0 aliphatic heterocycles. The van der Waals surface area contributed by atoms with Crippen molar-refractivity contribution >= 4 is 11.9 Å². The predicted octanol–water partition coefficient (Wildman–Crippen LogP) is 1.23. The molecule has 0 fully saturated rings. The number of aromatic nitrogens is 1. The van der Waals surface area contributed by atoms with Gasteiger partial charge in [0.25, 0.3) is 5.91 Å². The lowest BCUT2D eigenvalue weighted by molar-refractivity contribution is -0.146. The van der Waals surface area contributed by atoms with Gasteiger partial charge in [-0.05, 0) is 32.9 Å². The standard InChI is InChI=1S/C12H16N2O3/c1-8-6-9(4-5-13-8)10(15)14-7-12(2,3)11(16)17/h4-6H,7H2,1-3H3,(H,14,15)(H,16,17). The fraction of sp³-hybridized carbons (Fsp3) is 0.417. The number of aryl methyl sites for hydroxylation is 1. The quantitative estimate of drug-likeness (QED) is 0.824. The summed E-state index contributed by atoms with van der Waals surface area (Å²) in [5.41, 5.74) is 0.256. The largest absolute Gasteiger partial charge is 0.481 e. The number of carbonyl (C=O) groups excluding carboxylic acids is 1. The highest BCUT2D eigenvalue weighted by molar-refractivity contribution is 5.94. The summed E-state index contributed by atoms with van der Waals surface area (Å²) in [6.07, 6.45) is 1.55. The van der Waals surface area contributed by atoms with E-state index in [4.69, 9.17) is 5.11 Å². The maximum atomic E-state index is 11.7. The molecule has 0 unspecified atom stereocenters. The molecule has 0 saturated heterocycles. The van der Waals surface area contributed by atoms with Gasteiger partial charge in [0.2, 0.25) is 0 Å². The van der Waals surface area contributed by atoms with Crippen LogP contribution in [0.5, 0.6) is 0 Å². The second-order valence-electron chi connectivity index (χ2n) is 4.56. The average molecular weight is 236 g/mol. The van der Waals surface area contributed by atoms with Crippen LogP contribution in [0.25, 0.3) is 0 Å². The van der Waals surface area contributed by atoms with Crippen molar-refractivity contribution in [1.82, 2.24) is 10.3 Å². The third kappa shape index (κ3) is 3.55. The number of nitrogens with one attached hydrogen (secondary N) is 1. The molecule has 2 N–H and O–H groups in total. The Labute approximate surface area is 99.9 Å². The van der Waals surface area contributed by atoms with E-state index in [0.29, 0.717) is 5.56 Å². The van der Waals surface area contributed by atoms with E-state index in [1.165, 1.54) is 0 Å². The van der Waals surface area contributed by atoms with E-state index in [1.54, 1.807) is 39.1 Å². The van der Waals surface area contributed by atoms with Crippen molar-refractivity contribution in [2.24, 2.45) is 5.41 Å². The lowest BCUT2D eigenvalue weighted by Gasteiger charge is -2.19. The van der Waals surface area contributed by atoms with Crippen LogP contribution >= 0.6 is 0 Å². The van der Waals surface area contributed by atoms with Crippen molar-refractivity contribution in [3.05, 3.63) is 29.6 Å². The second-order valence-corrected chi connectivity index (χ2v) is 4.56. The molecule has 1 rings (SSSR count). The third-order valence-corrected chi connectivity index (χ3v) is 2.43. The SMILES string of the molecule is Cc1cc(C(=O)NCC(C)(C)C(=O)O)ccn1. The number of hydrogen-bond acceptors (Lipinski definition) is 3. The monoisotopic (exact) mass is 236 g/mol. The number of amides is 1. The zero-order valence-corrected chi connectivity index (χ0v) is 10.2. The summed E-state index contributed by atoms with van der Waals surface area (Å²) in [5.74, 6) is -1.23. The van der Waals surface area contributed by atoms with Crippen LogP contribution in [0.4, 0.5) is 0 Å². The minimum Gasteiger partial charge on any atom is -0.481 e. The van der Waals surface area contributed by atoms with Gasteiger partial charge < -0.3 is 10.4 Å². The number of carboxylic acid groups (broad SMARTS) is 1. The zero-order valence-electron chi connectivity index (χ0n) is 10.2. The van der Waals surface area contributed by atoms with E-state index in [-0.39, 0.29) is 12.5 Å². The van der Waals surface area contributed by atoms with E-state index in [1.807, 2.05) is 0 Å². The van der Waals surface area contributed by atoms with Crippen LogP contribution in [0.2, 0.25) is 0 Å². The summed E-state index contributed by atoms with van der Waals surface area (Å²) in [6.45, 7) is 5.00. The Morgan fingerprint density at radius 3 is 2.65 bits per heavy atom. The van der Waals surface area contributed by atoms with Crippen LogP contribution < -0.4 is 5.32 Å². The van der Waals surface area contributed by atoms with E-state index in [0.717, 1.165) is 5.69 Å². The first-order valence-corrected chi connectivity index (χ1v) is 5.27. The minimum atomic E-state index is -0.974. The maximum Gasteiger partial charge on any atom is 0.310 e. The second kappa shape index (κ2) is 4.95. The van der Waals surface area contributed by atoms with Crippen molar-refractivity contribution in [2.75, 3.05) is 6.54 Å². The summed E-state index contributed by atoms with van der Waals surface area (Å²) < 4.78 is 0. The highest BCUT2D eigenvalue weighted by Crippen LogP contribution is 2.13. The summed E-state index contributed by atoms with van der Waals surface area (Å²) in [7, 11) is 0. The van der Waals surface area contributed by atoms with Crippen molar-refractivity contribution < 1.29 is 14.7 Å². The molecule has 1 aromatic rings. The number of pyridine rings is 1. The summed E-state index contributed by atoms with van der Waals surface area (Å²) in [5, 5.41) is 11.5. The molecular weight excluding hydrogens is 220 g/mol. The molecule has 1 aromatic heterocycles. The van der Waals surface area contributed by atoms with Gasteiger partial charge in [-0.2, -0.15) is 0 Å². The molecule has 5 heteroatoms. The normalized spacial score (nSPS) is 11.0. The van der Waals surface area contributed by atoms with Crippen molar-refractivity contribution in [1.29, 1.82) is 0 Å². The number of aliphatic carboxylic acids is 1. The Balaban J connectivity index is 2.65. The molecule has 0 aromatic carbocycles. The molecule has 0 atom stereocenters. The van der Waals surface area contributed by atoms with E-state index in [9.17, 15) is 9.59 Å². The molecule has 0 saturated carbocycles. The average Bonchev–Trinajstić information content (AvgIpc) is 2.25. The molecule has 0 radical (unpaired) electrons. The first-order chi connectivity index (χ1) is 7.83. The highest BCUT2D eigenvalue weighted by atomic mass is 16.4. The molecular formula is C12H16N2O3. The van der Waals surface area contributed by atoms with Crippen LogP contribution in [0.3, 0.4) is 0 Å². The molecule has 17 heavy (non-hydrogen) atoms. The molecule has 0 bridgehead atoms. The Bertz CT molecular complexity index is 441. The minimum absolute atomic E-state index is 0.0859. The smallest absolute Gasteiger partial charge is 0.310 e. The van der Waals surface area contributed by atoms with Gasteiger partial charge in [-0.3, -0.25) is 14.6 Å². The number of hydrogen-bond donors (Lipinski definition) is 2. The van der Waals surface area contributed by atoms with Crippen LogP contribution in [-0.4, -0.2) is 28.5 Å². The lowest BCUT2D eigenvalue weighted by atomic mass is 9.94. The van der Waals surface area contributed by atoms with Gasteiger partial charge in [0.1, 0.15) is 0 Å². The van der Waals surface area contributed by atoms with Crippen molar-refractivity contribution in [2.45, 2.75) is 20.8 Å². The van der Waals surface area contributed by atoms with Gasteiger partial charge in [0, 0.05) is 24.0 Å². The first kappa shape index (κ1) is 13.2. The fourth-order valence-electron chi connectivity index (χ4n) is 1.17. The Morgan fingerprint density at radius 1 is 1.47 bits per heavy atom. The van der Waals surface area contributed by atoms with Gasteiger partial charge in [0.05, 0.1) is 5.41 Å². The Morgan fingerprint density at radius 2 is 2.12 bits per heavy atom. The molecule has 92 valence electrons. The Kier molecular flexibility index (Phi) is 3.83. The van der Waals surface area contributed by atoms with Crippen LogP contribution in [0, 0.1) is 12.3 Å². The van der Waals surface area contributed by atoms with Crippen LogP contribution in [0.1, 0.15) is 29.9 Å². The van der Waals surface area contributed by atoms with E-state index >= 15 is 0 Å². The number of carboxylic acids is 1. The maximum absolute atomic E-state index is 11.7. The number of carbonyl (C=O) groups is 2. The summed E-state index contributed by atoms with van der Waals surface area (Å²) >= 11 is 0. The number of nitrogens with zero attached hydrogens (tertiary/aromatic N) is 1. The molecule has 5 nitrogen and oxygen atoms in total. The van der Waals surface area contributed by atoms with Gasteiger partial charge in [-0.15, -0.1) is 0 Å². The third-order valence-electron chi connectivity index (χ3n) is 2.43. The first-order valence-electron chi connectivity index (χ1n) is 5.27. The topological polar surface area (TPSA) is 79.3 Å². The molecule has 1 heterocycles.